The number of carbonyl (C=O) groups is 1. The van der Waals surface area contributed by atoms with E-state index in [0.717, 1.165) is 36.1 Å². The van der Waals surface area contributed by atoms with Crippen molar-refractivity contribution in [1.29, 1.82) is 5.26 Å². The molecule has 1 atom stereocenters. The first-order valence-electron chi connectivity index (χ1n) is 8.44. The Hall–Kier alpha value is -2.80. The molecule has 0 aliphatic carbocycles. The molecular weight excluding hydrogens is 298 g/mol. The second-order valence-electron chi connectivity index (χ2n) is 6.40. The van der Waals surface area contributed by atoms with E-state index < -0.39 is 0 Å². The number of likely N-dealkylation sites (tertiary alicyclic amines) is 1. The summed E-state index contributed by atoms with van der Waals surface area (Å²) in [5.41, 5.74) is 4.49. The molecule has 4 nitrogen and oxygen atoms in total. The minimum atomic E-state index is -0.290. The molecule has 2 aromatic carbocycles. The molecule has 4 heteroatoms. The zero-order valence-corrected chi connectivity index (χ0v) is 13.5. The summed E-state index contributed by atoms with van der Waals surface area (Å²) in [4.78, 5) is 16.5. The van der Waals surface area contributed by atoms with Crippen molar-refractivity contribution < 1.29 is 4.79 Å². The maximum Gasteiger partial charge on any atom is 0.250 e. The molecule has 1 fully saturated rings. The molecule has 2 aliphatic heterocycles. The van der Waals surface area contributed by atoms with Crippen LogP contribution in [0.2, 0.25) is 0 Å². The van der Waals surface area contributed by atoms with E-state index in [0.29, 0.717) is 13.1 Å². The Morgan fingerprint density at radius 1 is 1.08 bits per heavy atom. The first kappa shape index (κ1) is 14.8. The molecule has 0 saturated carbocycles. The monoisotopic (exact) mass is 317 g/mol. The van der Waals surface area contributed by atoms with Crippen molar-refractivity contribution in [3.63, 3.8) is 0 Å². The van der Waals surface area contributed by atoms with E-state index in [4.69, 9.17) is 0 Å². The predicted molar refractivity (Wildman–Crippen MR) is 93.3 cm³/mol. The number of fused-ring (bicyclic) bond motifs is 1. The van der Waals surface area contributed by atoms with Crippen LogP contribution in [0.25, 0.3) is 11.1 Å². The molecule has 4 rings (SSSR count). The minimum absolute atomic E-state index is 0.0676. The molecule has 24 heavy (non-hydrogen) atoms. The van der Waals surface area contributed by atoms with Crippen molar-refractivity contribution in [3.8, 4) is 17.3 Å². The normalized spacial score (nSPS) is 19.2. The zero-order chi connectivity index (χ0) is 16.5. The summed E-state index contributed by atoms with van der Waals surface area (Å²) >= 11 is 0. The quantitative estimate of drug-likeness (QED) is 0.799. The Morgan fingerprint density at radius 3 is 2.71 bits per heavy atom. The lowest BCUT2D eigenvalue weighted by Gasteiger charge is -2.25. The van der Waals surface area contributed by atoms with Crippen molar-refractivity contribution >= 4 is 11.6 Å². The summed E-state index contributed by atoms with van der Waals surface area (Å²) in [6.07, 6.45) is 4.74. The van der Waals surface area contributed by atoms with Crippen LogP contribution in [-0.2, 0) is 11.2 Å². The third-order valence-corrected chi connectivity index (χ3v) is 5.02. The van der Waals surface area contributed by atoms with Gasteiger partial charge in [-0.25, -0.2) is 0 Å². The van der Waals surface area contributed by atoms with Crippen LogP contribution in [0.1, 0.15) is 18.4 Å². The topological polar surface area (TPSA) is 47.3 Å². The van der Waals surface area contributed by atoms with Crippen LogP contribution in [0.4, 0.5) is 5.69 Å². The summed E-state index contributed by atoms with van der Waals surface area (Å²) in [6, 6.07) is 16.3. The van der Waals surface area contributed by atoms with Gasteiger partial charge in [0.1, 0.15) is 6.04 Å². The highest BCUT2D eigenvalue weighted by Crippen LogP contribution is 2.34. The van der Waals surface area contributed by atoms with E-state index in [2.05, 4.69) is 36.5 Å². The number of nitriles is 1. The Kier molecular flexibility index (Phi) is 3.70. The van der Waals surface area contributed by atoms with Gasteiger partial charge in [0.25, 0.3) is 0 Å². The number of nitrogens with zero attached hydrogens (tertiary/aromatic N) is 3. The Balaban J connectivity index is 1.66. The largest absolute Gasteiger partial charge is 0.310 e. The van der Waals surface area contributed by atoms with Gasteiger partial charge in [0.15, 0.2) is 6.19 Å². The van der Waals surface area contributed by atoms with Gasteiger partial charge in [0.05, 0.1) is 0 Å². The van der Waals surface area contributed by atoms with Gasteiger partial charge in [-0.15, -0.1) is 0 Å². The summed E-state index contributed by atoms with van der Waals surface area (Å²) < 4.78 is 0. The molecule has 0 bridgehead atoms. The third-order valence-electron chi connectivity index (χ3n) is 5.02. The first-order valence-corrected chi connectivity index (χ1v) is 8.44. The minimum Gasteiger partial charge on any atom is -0.310 e. The fourth-order valence-electron chi connectivity index (χ4n) is 3.74. The highest BCUT2D eigenvalue weighted by atomic mass is 16.2. The van der Waals surface area contributed by atoms with E-state index in [1.165, 1.54) is 5.56 Å². The summed E-state index contributed by atoms with van der Waals surface area (Å²) in [7, 11) is 0. The van der Waals surface area contributed by atoms with Gasteiger partial charge in [-0.1, -0.05) is 42.5 Å². The van der Waals surface area contributed by atoms with E-state index in [1.54, 1.807) is 4.90 Å². The lowest BCUT2D eigenvalue weighted by atomic mass is 10.0. The summed E-state index contributed by atoms with van der Waals surface area (Å²) in [5.74, 6) is 0.0676. The van der Waals surface area contributed by atoms with E-state index >= 15 is 0 Å². The van der Waals surface area contributed by atoms with Gasteiger partial charge in [0, 0.05) is 18.8 Å². The fourth-order valence-corrected chi connectivity index (χ4v) is 3.74. The summed E-state index contributed by atoms with van der Waals surface area (Å²) in [6.45, 7) is 1.40. The highest BCUT2D eigenvalue weighted by molar-refractivity contribution is 6.00. The number of carbonyl (C=O) groups excluding carboxylic acids is 1. The lowest BCUT2D eigenvalue weighted by Crippen LogP contribution is -2.43. The van der Waals surface area contributed by atoms with E-state index in [-0.39, 0.29) is 11.9 Å². The number of rotatable bonds is 2. The molecule has 0 radical (unpaired) electrons. The predicted octanol–water partition coefficient (Wildman–Crippen LogP) is 3.19. The number of benzene rings is 2. The van der Waals surface area contributed by atoms with E-state index in [1.807, 2.05) is 23.1 Å². The van der Waals surface area contributed by atoms with Crippen molar-refractivity contribution in [1.82, 2.24) is 4.90 Å². The molecule has 2 aromatic rings. The molecule has 0 N–H and O–H groups in total. The van der Waals surface area contributed by atoms with Gasteiger partial charge >= 0.3 is 0 Å². The van der Waals surface area contributed by atoms with Gasteiger partial charge in [-0.3, -0.25) is 9.69 Å². The molecule has 0 spiro atoms. The fraction of sp³-hybridized carbons (Fsp3) is 0.300. The second kappa shape index (κ2) is 6.01. The molecule has 0 aromatic heterocycles. The van der Waals surface area contributed by atoms with Crippen LogP contribution >= 0.6 is 0 Å². The molecule has 1 unspecified atom stereocenters. The number of amides is 1. The smallest absolute Gasteiger partial charge is 0.250 e. The molecule has 1 amide bonds. The third kappa shape index (κ3) is 2.43. The van der Waals surface area contributed by atoms with Gasteiger partial charge in [-0.05, 0) is 42.0 Å². The Labute approximate surface area is 141 Å². The Bertz CT molecular complexity index is 809. The van der Waals surface area contributed by atoms with Crippen molar-refractivity contribution in [3.05, 3.63) is 54.1 Å². The zero-order valence-electron chi connectivity index (χ0n) is 13.5. The van der Waals surface area contributed by atoms with Crippen LogP contribution in [-0.4, -0.2) is 29.9 Å². The van der Waals surface area contributed by atoms with Gasteiger partial charge in [-0.2, -0.15) is 5.26 Å². The van der Waals surface area contributed by atoms with Crippen molar-refractivity contribution in [2.75, 3.05) is 18.0 Å². The van der Waals surface area contributed by atoms with Gasteiger partial charge in [0.2, 0.25) is 5.91 Å². The van der Waals surface area contributed by atoms with Crippen LogP contribution in [0.3, 0.4) is 0 Å². The number of hydrogen-bond acceptors (Lipinski definition) is 3. The van der Waals surface area contributed by atoms with Gasteiger partial charge < -0.3 is 4.90 Å². The lowest BCUT2D eigenvalue weighted by molar-refractivity contribution is -0.121. The van der Waals surface area contributed by atoms with Crippen LogP contribution in [0.5, 0.6) is 0 Å². The summed E-state index contributed by atoms with van der Waals surface area (Å²) in [5, 5.41) is 9.22. The second-order valence-corrected chi connectivity index (χ2v) is 6.40. The van der Waals surface area contributed by atoms with Crippen molar-refractivity contribution in [2.45, 2.75) is 25.3 Å². The average molecular weight is 317 g/mol. The van der Waals surface area contributed by atoms with Crippen LogP contribution < -0.4 is 4.90 Å². The number of anilines is 1. The molecular formula is C20H19N3O. The average Bonchev–Trinajstić information content (AvgIpc) is 3.28. The number of hydrogen-bond donors (Lipinski definition) is 0. The standard InChI is InChI=1S/C20H19N3O/c21-14-22-11-4-7-18(22)20(24)23-12-10-16-8-9-17(13-19(16)23)15-5-2-1-3-6-15/h1-3,5-6,8-9,13,18H,4,7,10-12H2. The molecule has 120 valence electrons. The maximum atomic E-state index is 13.0. The van der Waals surface area contributed by atoms with E-state index in [9.17, 15) is 10.1 Å². The molecule has 1 saturated heterocycles. The first-order chi connectivity index (χ1) is 11.8. The van der Waals surface area contributed by atoms with Crippen LogP contribution in [0.15, 0.2) is 48.5 Å². The Morgan fingerprint density at radius 2 is 1.92 bits per heavy atom. The molecule has 2 aliphatic rings. The highest BCUT2D eigenvalue weighted by Gasteiger charge is 2.36. The maximum absolute atomic E-state index is 13.0. The SMILES string of the molecule is N#CN1CCCC1C(=O)N1CCc2ccc(-c3ccccc3)cc21. The molecule has 2 heterocycles. The van der Waals surface area contributed by atoms with Crippen LogP contribution in [0, 0.1) is 11.5 Å². The van der Waals surface area contributed by atoms with Crippen molar-refractivity contribution in [2.24, 2.45) is 0 Å².